The maximum Gasteiger partial charge on any atom is 0.373 e. The fourth-order valence-electron chi connectivity index (χ4n) is 7.19. The van der Waals surface area contributed by atoms with Crippen LogP contribution in [0.5, 0.6) is 0 Å². The SMILES string of the molecule is CCCNC(=O)CCNC(=O)CC.CCSSC[C@H](NC(=O)[C@H](CC(=O)O)CC(=O)[C@H](CCCN=C(N)N)NC(=O)[C@H](C)CC(=O)CC[C@H](CC(=O)c1ccc(CCc2cnc3nc(N)[nH]c(=O)c3n2)cc1)C(=O)O)C(=O)O.O=C=O. The van der Waals surface area contributed by atoms with Gasteiger partial charge >= 0.3 is 24.1 Å². The van der Waals surface area contributed by atoms with Gasteiger partial charge in [-0.25, -0.2) is 14.8 Å². The van der Waals surface area contributed by atoms with Gasteiger partial charge < -0.3 is 53.8 Å². The Labute approximate surface area is 474 Å². The van der Waals surface area contributed by atoms with E-state index in [2.05, 4.69) is 46.2 Å². The van der Waals surface area contributed by atoms with Crippen molar-refractivity contribution in [3.63, 3.8) is 0 Å². The first-order valence-electron chi connectivity index (χ1n) is 25.7. The van der Waals surface area contributed by atoms with E-state index in [9.17, 15) is 68.1 Å². The van der Waals surface area contributed by atoms with Crippen molar-refractivity contribution in [1.29, 1.82) is 0 Å². The van der Waals surface area contributed by atoms with Crippen LogP contribution in [0.2, 0.25) is 0 Å². The van der Waals surface area contributed by atoms with Crippen LogP contribution < -0.4 is 44.0 Å². The van der Waals surface area contributed by atoms with E-state index in [1.807, 2.05) is 13.8 Å². The number of aryl methyl sites for hydroxylation is 2. The zero-order valence-corrected chi connectivity index (χ0v) is 47.1. The van der Waals surface area contributed by atoms with E-state index in [1.165, 1.54) is 34.7 Å². The number of nitrogens with two attached hydrogens (primary N) is 3. The number of nitrogen functional groups attached to an aromatic ring is 1. The number of anilines is 1. The van der Waals surface area contributed by atoms with Crippen molar-refractivity contribution in [3.8, 4) is 0 Å². The number of Topliss-reactive ketones (excluding diaryl/α,β-unsaturated/α-hetero) is 3. The molecule has 1 aromatic carbocycles. The fourth-order valence-corrected chi connectivity index (χ4v) is 9.01. The van der Waals surface area contributed by atoms with Crippen LogP contribution >= 0.6 is 21.6 Å². The van der Waals surface area contributed by atoms with Crippen molar-refractivity contribution in [1.82, 2.24) is 41.2 Å². The average molecular weight is 1170 g/mol. The number of fused-ring (bicyclic) bond motifs is 1. The third-order valence-corrected chi connectivity index (χ3v) is 14.0. The van der Waals surface area contributed by atoms with Gasteiger partial charge in [0.25, 0.3) is 5.56 Å². The van der Waals surface area contributed by atoms with Gasteiger partial charge in [-0.1, -0.05) is 73.5 Å². The molecule has 30 heteroatoms. The van der Waals surface area contributed by atoms with E-state index in [-0.39, 0.29) is 91.0 Å². The number of hydrogen-bond acceptors (Lipinski definition) is 20. The first kappa shape index (κ1) is 70.9. The van der Waals surface area contributed by atoms with Crippen molar-refractivity contribution in [2.24, 2.45) is 34.2 Å². The number of aromatic amines is 1. The molecule has 2 aromatic heterocycles. The highest BCUT2D eigenvalue weighted by molar-refractivity contribution is 8.76. The van der Waals surface area contributed by atoms with Crippen LogP contribution in [-0.4, -0.2) is 149 Å². The van der Waals surface area contributed by atoms with Gasteiger partial charge in [0.15, 0.2) is 28.7 Å². The van der Waals surface area contributed by atoms with Crippen LogP contribution in [-0.2, 0) is 65.6 Å². The minimum Gasteiger partial charge on any atom is -0.481 e. The number of aliphatic imine (C=N–C) groups is 1. The minimum absolute atomic E-state index is 0.00162. The van der Waals surface area contributed by atoms with Gasteiger partial charge in [-0.05, 0) is 44.1 Å². The van der Waals surface area contributed by atoms with E-state index < -0.39 is 102 Å². The van der Waals surface area contributed by atoms with Crippen molar-refractivity contribution in [3.05, 3.63) is 57.6 Å². The third-order valence-electron chi connectivity index (χ3n) is 11.5. The Hall–Kier alpha value is -8.11. The maximum absolute atomic E-state index is 13.6. The zero-order chi connectivity index (χ0) is 61.0. The van der Waals surface area contributed by atoms with E-state index in [1.54, 1.807) is 31.2 Å². The summed E-state index contributed by atoms with van der Waals surface area (Å²) in [6.45, 7) is 8.26. The first-order valence-corrected chi connectivity index (χ1v) is 28.2. The highest BCUT2D eigenvalue weighted by Gasteiger charge is 2.33. The lowest BCUT2D eigenvalue weighted by Crippen LogP contribution is -2.48. The molecule has 0 unspecified atom stereocenters. The van der Waals surface area contributed by atoms with Gasteiger partial charge in [0.2, 0.25) is 29.6 Å². The second-order valence-electron chi connectivity index (χ2n) is 18.0. The number of H-pyrrole nitrogens is 1. The van der Waals surface area contributed by atoms with Crippen LogP contribution in [0.1, 0.15) is 120 Å². The number of carboxylic acids is 3. The van der Waals surface area contributed by atoms with E-state index in [0.717, 1.165) is 12.0 Å². The van der Waals surface area contributed by atoms with Gasteiger partial charge in [-0.2, -0.15) is 14.6 Å². The molecule has 81 heavy (non-hydrogen) atoms. The van der Waals surface area contributed by atoms with Crippen LogP contribution in [0.15, 0.2) is 40.2 Å². The Balaban J connectivity index is 0.00000178. The summed E-state index contributed by atoms with van der Waals surface area (Å²) in [5.74, 6) is -10.8. The molecule has 0 aliphatic heterocycles. The van der Waals surface area contributed by atoms with Crippen molar-refractivity contribution < 1.29 is 72.9 Å². The number of carbonyl (C=O) groups is 10. The number of aliphatic carboxylic acids is 3. The predicted molar refractivity (Wildman–Crippen MR) is 298 cm³/mol. The monoisotopic (exact) mass is 1170 g/mol. The number of guanidine groups is 1. The second-order valence-corrected chi connectivity index (χ2v) is 20.8. The third kappa shape index (κ3) is 29.6. The van der Waals surface area contributed by atoms with Crippen molar-refractivity contribution in [2.75, 3.05) is 36.9 Å². The number of amides is 4. The number of ketones is 3. The summed E-state index contributed by atoms with van der Waals surface area (Å²) < 4.78 is 0. The normalized spacial score (nSPS) is 12.3. The van der Waals surface area contributed by atoms with E-state index in [4.69, 9.17) is 26.8 Å². The summed E-state index contributed by atoms with van der Waals surface area (Å²) in [6, 6.07) is 3.92. The molecule has 444 valence electrons. The number of nitrogens with zero attached hydrogens (tertiary/aromatic N) is 4. The molecule has 4 amide bonds. The second kappa shape index (κ2) is 39.3. The molecule has 0 aliphatic rings. The summed E-state index contributed by atoms with van der Waals surface area (Å²) in [6.07, 6.45) is 1.88. The molecule has 0 saturated carbocycles. The number of carbonyl (C=O) groups excluding carboxylic acids is 9. The Morgan fingerprint density at radius 2 is 1.42 bits per heavy atom. The number of carboxylic acid groups (broad SMARTS) is 3. The molecule has 0 bridgehead atoms. The molecule has 3 aromatic rings. The van der Waals surface area contributed by atoms with Crippen LogP contribution in [0.25, 0.3) is 11.2 Å². The lowest BCUT2D eigenvalue weighted by molar-refractivity contribution is -0.192. The Kier molecular flexibility index (Phi) is 34.4. The highest BCUT2D eigenvalue weighted by atomic mass is 33.1. The smallest absolute Gasteiger partial charge is 0.373 e. The standard InChI is InChI=1S/C41H54N10O12S2.C9H18N2O2.CO2/c1-3-64-65-20-29(39(62)63)49-36(58)25(18-32(55)56)17-31(54)28(5-4-14-45-40(42)43)48-35(57)21(2)15-27(52)13-11-24(38(60)61)16-30(53)23-9-6-22(7-10-23)8-12-26-19-46-34-33(47-26)37(59)51-41(44)50-34;1-3-6-10-9(13)5-7-11-8(12)4-2;2-1-3/h6-7,9-10,19,21,24-25,28-29H,3-5,8,11-18,20H2,1-2H3,(H,48,57)(H,49,58)(H,55,56)(H,60,61)(H,62,63)(H4,42,43,45)(H3,44,46,50,51,59);3-7H2,1-2H3,(H,10,13)(H,11,12);/t21-,24-,25+,28+,29+;;/m1../s1. The van der Waals surface area contributed by atoms with Crippen molar-refractivity contribution >= 4 is 110 Å². The zero-order valence-electron chi connectivity index (χ0n) is 45.5. The van der Waals surface area contributed by atoms with Crippen LogP contribution in [0.3, 0.4) is 0 Å². The number of aromatic nitrogens is 4. The molecular formula is C51H72N12O16S2. The molecule has 5 atom stereocenters. The largest absolute Gasteiger partial charge is 0.481 e. The predicted octanol–water partition coefficient (Wildman–Crippen LogP) is 1.13. The fraction of sp³-hybridized carbons (Fsp3) is 0.529. The number of rotatable bonds is 36. The molecule has 0 radical (unpaired) electrons. The number of hydrogen-bond donors (Lipinski definition) is 11. The van der Waals surface area contributed by atoms with Crippen LogP contribution in [0, 0.1) is 17.8 Å². The van der Waals surface area contributed by atoms with Gasteiger partial charge in [0.05, 0.1) is 36.2 Å². The van der Waals surface area contributed by atoms with Gasteiger partial charge in [0.1, 0.15) is 11.8 Å². The van der Waals surface area contributed by atoms with Gasteiger partial charge in [-0.15, -0.1) is 0 Å². The van der Waals surface area contributed by atoms with E-state index >= 15 is 0 Å². The lowest BCUT2D eigenvalue weighted by atomic mass is 9.90. The van der Waals surface area contributed by atoms with Gasteiger partial charge in [0, 0.05) is 81.1 Å². The first-order chi connectivity index (χ1) is 38.4. The molecule has 2 heterocycles. The summed E-state index contributed by atoms with van der Waals surface area (Å²) in [4.78, 5) is 171. The summed E-state index contributed by atoms with van der Waals surface area (Å²) in [5, 5.41) is 39.2. The molecule has 14 N–H and O–H groups in total. The summed E-state index contributed by atoms with van der Waals surface area (Å²) in [5.41, 5.74) is 17.6. The Morgan fingerprint density at radius 1 is 0.765 bits per heavy atom. The summed E-state index contributed by atoms with van der Waals surface area (Å²) in [7, 11) is 2.56. The minimum atomic E-state index is -1.48. The average Bonchev–Trinajstić information content (AvgIpc) is 3.46. The van der Waals surface area contributed by atoms with Crippen LogP contribution in [0.4, 0.5) is 5.95 Å². The Bertz CT molecular complexity index is 2740. The molecule has 0 aliphatic carbocycles. The molecule has 0 fully saturated rings. The quantitative estimate of drug-likeness (QED) is 0.0128. The highest BCUT2D eigenvalue weighted by Crippen LogP contribution is 2.23. The Morgan fingerprint density at radius 3 is 2.01 bits per heavy atom. The number of benzene rings is 1. The molecule has 0 saturated heterocycles. The molecule has 0 spiro atoms. The molecule has 3 rings (SSSR count). The summed E-state index contributed by atoms with van der Waals surface area (Å²) >= 11 is 0. The van der Waals surface area contributed by atoms with Crippen molar-refractivity contribution in [2.45, 2.75) is 123 Å². The molecule has 28 nitrogen and oxygen atoms in total. The maximum atomic E-state index is 13.6. The topological polar surface area (TPSA) is 476 Å². The van der Waals surface area contributed by atoms with Gasteiger partial charge in [-0.3, -0.25) is 57.9 Å². The van der Waals surface area contributed by atoms with E-state index in [0.29, 0.717) is 50.2 Å². The lowest BCUT2D eigenvalue weighted by Gasteiger charge is -2.23. The number of nitrogens with one attached hydrogen (secondary N) is 5. The molecular weight excluding hydrogens is 1100 g/mol.